The van der Waals surface area contributed by atoms with Gasteiger partial charge in [-0.3, -0.25) is 9.63 Å². The van der Waals surface area contributed by atoms with Crippen LogP contribution in [0.5, 0.6) is 0 Å². The van der Waals surface area contributed by atoms with Gasteiger partial charge in [-0.05, 0) is 18.6 Å². The minimum Gasteiger partial charge on any atom is -0.464 e. The van der Waals surface area contributed by atoms with E-state index < -0.39 is 18.5 Å². The normalized spacial score (nSPS) is 10.3. The third kappa shape index (κ3) is 5.71. The SMILES string of the molecule is CCCCOC(=O)CONC(=O)c1c(Cl)ccc(Cl)c1Cl. The van der Waals surface area contributed by atoms with Crippen LogP contribution in [-0.2, 0) is 14.4 Å². The Morgan fingerprint density at radius 2 is 1.86 bits per heavy atom. The van der Waals surface area contributed by atoms with Gasteiger partial charge in [0.15, 0.2) is 6.61 Å². The van der Waals surface area contributed by atoms with Crippen molar-refractivity contribution in [3.8, 4) is 0 Å². The molecule has 0 aromatic heterocycles. The molecule has 116 valence electrons. The molecule has 0 saturated carbocycles. The van der Waals surface area contributed by atoms with Gasteiger partial charge in [-0.2, -0.15) is 0 Å². The lowest BCUT2D eigenvalue weighted by atomic mass is 10.2. The quantitative estimate of drug-likeness (QED) is 0.351. The summed E-state index contributed by atoms with van der Waals surface area (Å²) in [6, 6.07) is 2.90. The fraction of sp³-hybridized carbons (Fsp3) is 0.385. The average Bonchev–Trinajstić information content (AvgIpc) is 2.44. The number of unbranched alkanes of at least 4 members (excludes halogenated alkanes) is 1. The number of esters is 1. The van der Waals surface area contributed by atoms with E-state index in [0.717, 1.165) is 12.8 Å². The highest BCUT2D eigenvalue weighted by atomic mass is 35.5. The van der Waals surface area contributed by atoms with Gasteiger partial charge in [-0.15, -0.1) is 0 Å². The molecule has 8 heteroatoms. The minimum atomic E-state index is -0.700. The molecule has 0 saturated heterocycles. The molecular weight excluding hydrogens is 341 g/mol. The predicted molar refractivity (Wildman–Crippen MR) is 80.8 cm³/mol. The molecule has 0 aliphatic heterocycles. The summed E-state index contributed by atoms with van der Waals surface area (Å²) in [6.45, 7) is 1.88. The summed E-state index contributed by atoms with van der Waals surface area (Å²) in [7, 11) is 0. The van der Waals surface area contributed by atoms with E-state index in [1.54, 1.807) is 0 Å². The van der Waals surface area contributed by atoms with E-state index in [1.807, 2.05) is 6.92 Å². The third-order valence-corrected chi connectivity index (χ3v) is 3.51. The zero-order valence-corrected chi connectivity index (χ0v) is 13.5. The standard InChI is InChI=1S/C13H14Cl3NO4/c1-2-3-6-20-10(18)7-21-17-13(19)11-8(14)4-5-9(15)12(11)16/h4-5H,2-3,6-7H2,1H3,(H,17,19). The largest absolute Gasteiger partial charge is 0.464 e. The highest BCUT2D eigenvalue weighted by molar-refractivity contribution is 6.46. The molecule has 1 aromatic rings. The Kier molecular flexibility index (Phi) is 7.82. The van der Waals surface area contributed by atoms with Crippen molar-refractivity contribution in [1.29, 1.82) is 0 Å². The Labute approximate surface area is 137 Å². The van der Waals surface area contributed by atoms with Crippen molar-refractivity contribution in [1.82, 2.24) is 5.48 Å². The van der Waals surface area contributed by atoms with E-state index in [0.29, 0.717) is 6.61 Å². The molecule has 0 fully saturated rings. The number of amides is 1. The van der Waals surface area contributed by atoms with E-state index in [9.17, 15) is 9.59 Å². The highest BCUT2D eigenvalue weighted by Gasteiger charge is 2.17. The molecule has 1 rings (SSSR count). The van der Waals surface area contributed by atoms with Crippen molar-refractivity contribution in [2.75, 3.05) is 13.2 Å². The number of ether oxygens (including phenoxy) is 1. The van der Waals surface area contributed by atoms with Crippen LogP contribution in [0, 0.1) is 0 Å². The van der Waals surface area contributed by atoms with Gasteiger partial charge >= 0.3 is 5.97 Å². The van der Waals surface area contributed by atoms with Crippen LogP contribution >= 0.6 is 34.8 Å². The van der Waals surface area contributed by atoms with Crippen molar-refractivity contribution in [3.63, 3.8) is 0 Å². The van der Waals surface area contributed by atoms with E-state index in [2.05, 4.69) is 5.48 Å². The average molecular weight is 355 g/mol. The van der Waals surface area contributed by atoms with Gasteiger partial charge in [0.05, 0.1) is 27.2 Å². The van der Waals surface area contributed by atoms with Crippen LogP contribution in [-0.4, -0.2) is 25.1 Å². The molecule has 0 bridgehead atoms. The van der Waals surface area contributed by atoms with E-state index >= 15 is 0 Å². The van der Waals surface area contributed by atoms with Crippen LogP contribution in [0.1, 0.15) is 30.1 Å². The lowest BCUT2D eigenvalue weighted by molar-refractivity contribution is -0.150. The maximum absolute atomic E-state index is 11.9. The number of carbonyl (C=O) groups excluding carboxylic acids is 2. The molecule has 5 nitrogen and oxygen atoms in total. The lowest BCUT2D eigenvalue weighted by Crippen LogP contribution is -2.28. The van der Waals surface area contributed by atoms with Crippen LogP contribution in [0.4, 0.5) is 0 Å². The molecule has 0 heterocycles. The first-order valence-electron chi connectivity index (χ1n) is 6.18. The van der Waals surface area contributed by atoms with Gasteiger partial charge < -0.3 is 4.74 Å². The van der Waals surface area contributed by atoms with Crippen molar-refractivity contribution >= 4 is 46.7 Å². The number of nitrogens with one attached hydrogen (secondary N) is 1. The van der Waals surface area contributed by atoms with Crippen molar-refractivity contribution in [2.24, 2.45) is 0 Å². The van der Waals surface area contributed by atoms with Crippen molar-refractivity contribution in [3.05, 3.63) is 32.8 Å². The zero-order chi connectivity index (χ0) is 15.8. The van der Waals surface area contributed by atoms with E-state index in [4.69, 9.17) is 44.4 Å². The minimum absolute atomic E-state index is 0.00999. The Bertz CT molecular complexity index is 522. The number of rotatable bonds is 7. The Morgan fingerprint density at radius 3 is 2.52 bits per heavy atom. The maximum atomic E-state index is 11.9. The summed E-state index contributed by atoms with van der Waals surface area (Å²) < 4.78 is 4.85. The molecule has 0 radical (unpaired) electrons. The smallest absolute Gasteiger partial charge is 0.334 e. The fourth-order valence-electron chi connectivity index (χ4n) is 1.32. The summed E-state index contributed by atoms with van der Waals surface area (Å²) in [5.41, 5.74) is 2.04. The molecule has 1 N–H and O–H groups in total. The van der Waals surface area contributed by atoms with Gasteiger partial charge in [-0.25, -0.2) is 10.3 Å². The number of hydroxylamine groups is 1. The molecule has 1 aromatic carbocycles. The van der Waals surface area contributed by atoms with Gasteiger partial charge in [0.25, 0.3) is 5.91 Å². The van der Waals surface area contributed by atoms with Gasteiger partial charge in [0, 0.05) is 0 Å². The molecule has 0 aliphatic carbocycles. The second-order valence-electron chi connectivity index (χ2n) is 4.01. The van der Waals surface area contributed by atoms with E-state index in [-0.39, 0.29) is 20.6 Å². The van der Waals surface area contributed by atoms with Gasteiger partial charge in [0.2, 0.25) is 0 Å². The first kappa shape index (κ1) is 18.0. The molecule has 1 amide bonds. The van der Waals surface area contributed by atoms with Crippen LogP contribution in [0.25, 0.3) is 0 Å². The molecule has 0 spiro atoms. The van der Waals surface area contributed by atoms with Crippen LogP contribution < -0.4 is 5.48 Å². The molecule has 21 heavy (non-hydrogen) atoms. The Balaban J connectivity index is 2.48. The van der Waals surface area contributed by atoms with Gasteiger partial charge in [0.1, 0.15) is 0 Å². The molecule has 0 unspecified atom stereocenters. The summed E-state index contributed by atoms with van der Waals surface area (Å²) in [4.78, 5) is 27.9. The molecule has 0 aliphatic rings. The first-order valence-corrected chi connectivity index (χ1v) is 7.32. The topological polar surface area (TPSA) is 64.6 Å². The van der Waals surface area contributed by atoms with Gasteiger partial charge in [-0.1, -0.05) is 48.1 Å². The number of hydrogen-bond donors (Lipinski definition) is 1. The summed E-state index contributed by atoms with van der Waals surface area (Å²) in [5, 5.41) is 0.317. The van der Waals surface area contributed by atoms with Crippen molar-refractivity contribution < 1.29 is 19.2 Å². The number of benzene rings is 1. The zero-order valence-electron chi connectivity index (χ0n) is 11.3. The Morgan fingerprint density at radius 1 is 1.19 bits per heavy atom. The summed E-state index contributed by atoms with van der Waals surface area (Å²) >= 11 is 17.6. The number of hydrogen-bond acceptors (Lipinski definition) is 4. The molecular formula is C13H14Cl3NO4. The first-order chi connectivity index (χ1) is 9.97. The lowest BCUT2D eigenvalue weighted by Gasteiger charge is -2.09. The fourth-order valence-corrected chi connectivity index (χ4v) is 2.02. The second kappa shape index (κ2) is 9.10. The highest BCUT2D eigenvalue weighted by Crippen LogP contribution is 2.31. The maximum Gasteiger partial charge on any atom is 0.334 e. The second-order valence-corrected chi connectivity index (χ2v) is 5.20. The van der Waals surface area contributed by atoms with Crippen molar-refractivity contribution in [2.45, 2.75) is 19.8 Å². The molecule has 0 atom stereocenters. The summed E-state index contributed by atoms with van der Waals surface area (Å²) in [5.74, 6) is -1.28. The predicted octanol–water partition coefficient (Wildman–Crippen LogP) is 3.65. The van der Waals surface area contributed by atoms with Crippen LogP contribution in [0.2, 0.25) is 15.1 Å². The number of carbonyl (C=O) groups is 2. The summed E-state index contributed by atoms with van der Waals surface area (Å²) in [6.07, 6.45) is 1.68. The van der Waals surface area contributed by atoms with E-state index in [1.165, 1.54) is 12.1 Å². The monoisotopic (exact) mass is 353 g/mol. The van der Waals surface area contributed by atoms with Crippen LogP contribution in [0.3, 0.4) is 0 Å². The third-order valence-electron chi connectivity index (χ3n) is 2.39. The van der Waals surface area contributed by atoms with Crippen LogP contribution in [0.15, 0.2) is 12.1 Å². The Hall–Kier alpha value is -1.01. The number of halogens is 3.